The van der Waals surface area contributed by atoms with Gasteiger partial charge in [0.1, 0.15) is 4.21 Å². The van der Waals surface area contributed by atoms with E-state index in [1.807, 2.05) is 0 Å². The molecule has 2 heterocycles. The van der Waals surface area contributed by atoms with E-state index < -0.39 is 10.0 Å². The number of rotatable bonds is 2. The Morgan fingerprint density at radius 2 is 2.35 bits per heavy atom. The average Bonchev–Trinajstić information content (AvgIpc) is 2.76. The van der Waals surface area contributed by atoms with Crippen LogP contribution in [0.3, 0.4) is 0 Å². The van der Waals surface area contributed by atoms with Crippen LogP contribution in [0.25, 0.3) is 0 Å². The van der Waals surface area contributed by atoms with Crippen molar-refractivity contribution in [3.8, 4) is 6.07 Å². The zero-order valence-corrected chi connectivity index (χ0v) is 12.2. The molecule has 1 saturated heterocycles. The molecule has 17 heavy (non-hydrogen) atoms. The van der Waals surface area contributed by atoms with Crippen molar-refractivity contribution in [1.29, 1.82) is 5.26 Å². The van der Waals surface area contributed by atoms with E-state index in [0.717, 1.165) is 12.8 Å². The molecule has 0 radical (unpaired) electrons. The largest absolute Gasteiger partial charge is 0.253 e. The molecule has 0 aliphatic carbocycles. The molecule has 1 fully saturated rings. The summed E-state index contributed by atoms with van der Waals surface area (Å²) in [6.07, 6.45) is 1.54. The number of sulfonamides is 1. The molecule has 92 valence electrons. The summed E-state index contributed by atoms with van der Waals surface area (Å²) >= 11 is 4.44. The second-order valence-electron chi connectivity index (χ2n) is 3.89. The molecule has 0 aromatic carbocycles. The fourth-order valence-electron chi connectivity index (χ4n) is 1.85. The van der Waals surface area contributed by atoms with Crippen LogP contribution in [0.15, 0.2) is 20.1 Å². The van der Waals surface area contributed by atoms with Crippen molar-refractivity contribution in [3.05, 3.63) is 15.9 Å². The maximum atomic E-state index is 12.3. The van der Waals surface area contributed by atoms with E-state index >= 15 is 0 Å². The first-order valence-corrected chi connectivity index (χ1v) is 8.29. The van der Waals surface area contributed by atoms with Crippen LogP contribution in [0.1, 0.15) is 12.8 Å². The van der Waals surface area contributed by atoms with Crippen LogP contribution in [-0.2, 0) is 10.0 Å². The molecule has 1 atom stereocenters. The fourth-order valence-corrected chi connectivity index (χ4v) is 5.82. The van der Waals surface area contributed by atoms with Crippen molar-refractivity contribution < 1.29 is 8.42 Å². The number of nitriles is 1. The van der Waals surface area contributed by atoms with E-state index in [4.69, 9.17) is 5.26 Å². The van der Waals surface area contributed by atoms with Crippen molar-refractivity contribution >= 4 is 37.3 Å². The summed E-state index contributed by atoms with van der Waals surface area (Å²) in [5, 5.41) is 10.6. The molecule has 0 spiro atoms. The Morgan fingerprint density at radius 1 is 1.59 bits per heavy atom. The zero-order chi connectivity index (χ0) is 12.5. The van der Waals surface area contributed by atoms with Gasteiger partial charge in [-0.2, -0.15) is 9.57 Å². The summed E-state index contributed by atoms with van der Waals surface area (Å²) in [4.78, 5) is 0. The number of hydrogen-bond acceptors (Lipinski definition) is 4. The summed E-state index contributed by atoms with van der Waals surface area (Å²) in [6, 6.07) is 3.88. The van der Waals surface area contributed by atoms with Gasteiger partial charge >= 0.3 is 0 Å². The minimum Gasteiger partial charge on any atom is -0.206 e. The van der Waals surface area contributed by atoms with Crippen molar-refractivity contribution in [1.82, 2.24) is 4.31 Å². The first-order valence-electron chi connectivity index (χ1n) is 5.18. The van der Waals surface area contributed by atoms with E-state index in [1.165, 1.54) is 15.6 Å². The molecule has 2 rings (SSSR count). The lowest BCUT2D eigenvalue weighted by Crippen LogP contribution is -2.39. The van der Waals surface area contributed by atoms with Gasteiger partial charge in [0, 0.05) is 17.6 Å². The number of hydrogen-bond donors (Lipinski definition) is 0. The van der Waals surface area contributed by atoms with E-state index in [1.54, 1.807) is 11.4 Å². The van der Waals surface area contributed by atoms with Crippen LogP contribution < -0.4 is 0 Å². The average molecular weight is 335 g/mol. The number of nitrogens with zero attached hydrogens (tertiary/aromatic N) is 2. The van der Waals surface area contributed by atoms with Crippen LogP contribution in [0, 0.1) is 17.2 Å². The van der Waals surface area contributed by atoms with Gasteiger partial charge in [-0.25, -0.2) is 8.42 Å². The molecule has 1 unspecified atom stereocenters. The minimum atomic E-state index is -3.44. The van der Waals surface area contributed by atoms with Gasteiger partial charge < -0.3 is 0 Å². The highest BCUT2D eigenvalue weighted by molar-refractivity contribution is 9.10. The lowest BCUT2D eigenvalue weighted by Gasteiger charge is -2.28. The Morgan fingerprint density at radius 3 is 2.94 bits per heavy atom. The Kier molecular flexibility index (Phi) is 3.88. The third-order valence-corrected chi connectivity index (χ3v) is 7.24. The third kappa shape index (κ3) is 2.55. The zero-order valence-electron chi connectivity index (χ0n) is 8.97. The lowest BCUT2D eigenvalue weighted by molar-refractivity contribution is 0.305. The van der Waals surface area contributed by atoms with Gasteiger partial charge in [-0.05, 0) is 40.2 Å². The summed E-state index contributed by atoms with van der Waals surface area (Å²) < 4.78 is 27.0. The smallest absolute Gasteiger partial charge is 0.206 e. The number of piperidine rings is 1. The third-order valence-electron chi connectivity index (χ3n) is 2.73. The standard InChI is InChI=1S/C10H11BrN2O2S2/c11-9-3-5-16-10(9)17(14,15)13-4-1-2-8(6-12)7-13/h3,5,8H,1-2,4,7H2. The molecule has 0 amide bonds. The first-order chi connectivity index (χ1) is 8.05. The van der Waals surface area contributed by atoms with E-state index in [9.17, 15) is 8.42 Å². The molecule has 0 N–H and O–H groups in total. The highest BCUT2D eigenvalue weighted by atomic mass is 79.9. The molecule has 0 saturated carbocycles. The van der Waals surface area contributed by atoms with Crippen LogP contribution in [0.2, 0.25) is 0 Å². The molecular formula is C10H11BrN2O2S2. The predicted molar refractivity (Wildman–Crippen MR) is 69.1 cm³/mol. The van der Waals surface area contributed by atoms with Crippen LogP contribution in [0.5, 0.6) is 0 Å². The highest BCUT2D eigenvalue weighted by Crippen LogP contribution is 2.32. The maximum absolute atomic E-state index is 12.3. The van der Waals surface area contributed by atoms with Gasteiger partial charge in [0.2, 0.25) is 0 Å². The predicted octanol–water partition coefficient (Wildman–Crippen LogP) is 2.43. The minimum absolute atomic E-state index is 0.183. The molecule has 0 bridgehead atoms. The van der Waals surface area contributed by atoms with Gasteiger partial charge in [0.05, 0.1) is 12.0 Å². The molecule has 1 aromatic heterocycles. The SMILES string of the molecule is N#CC1CCCN(S(=O)(=O)c2sccc2Br)C1. The van der Waals surface area contributed by atoms with Crippen molar-refractivity contribution in [3.63, 3.8) is 0 Å². The van der Waals surface area contributed by atoms with Crippen LogP contribution in [-0.4, -0.2) is 25.8 Å². The monoisotopic (exact) mass is 334 g/mol. The Hall–Kier alpha value is -0.420. The number of halogens is 1. The topological polar surface area (TPSA) is 61.2 Å². The first kappa shape index (κ1) is 13.0. The second-order valence-corrected chi connectivity index (χ2v) is 7.79. The molecule has 1 aromatic rings. The Labute approximate surface area is 113 Å². The van der Waals surface area contributed by atoms with Gasteiger partial charge in [0.25, 0.3) is 10.0 Å². The normalized spacial score (nSPS) is 22.2. The van der Waals surface area contributed by atoms with E-state index in [-0.39, 0.29) is 5.92 Å². The van der Waals surface area contributed by atoms with Gasteiger partial charge in [-0.1, -0.05) is 0 Å². The summed E-state index contributed by atoms with van der Waals surface area (Å²) in [5.41, 5.74) is 0. The molecule has 4 nitrogen and oxygen atoms in total. The van der Waals surface area contributed by atoms with Gasteiger partial charge in [0.15, 0.2) is 0 Å². The molecule has 7 heteroatoms. The van der Waals surface area contributed by atoms with Crippen molar-refractivity contribution in [2.75, 3.05) is 13.1 Å². The van der Waals surface area contributed by atoms with Gasteiger partial charge in [-0.3, -0.25) is 0 Å². The fraction of sp³-hybridized carbons (Fsp3) is 0.500. The molecule has 1 aliphatic heterocycles. The summed E-state index contributed by atoms with van der Waals surface area (Å²) in [6.45, 7) is 0.814. The second kappa shape index (κ2) is 5.06. The summed E-state index contributed by atoms with van der Waals surface area (Å²) in [7, 11) is -3.44. The quantitative estimate of drug-likeness (QED) is 0.834. The van der Waals surface area contributed by atoms with E-state index in [2.05, 4.69) is 22.0 Å². The molecular weight excluding hydrogens is 324 g/mol. The molecule has 1 aliphatic rings. The van der Waals surface area contributed by atoms with Crippen LogP contribution >= 0.6 is 27.3 Å². The number of thiophene rings is 1. The van der Waals surface area contributed by atoms with Crippen molar-refractivity contribution in [2.24, 2.45) is 5.92 Å². The lowest BCUT2D eigenvalue weighted by atomic mass is 10.0. The van der Waals surface area contributed by atoms with Crippen LogP contribution in [0.4, 0.5) is 0 Å². The summed E-state index contributed by atoms with van der Waals surface area (Å²) in [5.74, 6) is -0.183. The van der Waals surface area contributed by atoms with Gasteiger partial charge in [-0.15, -0.1) is 11.3 Å². The maximum Gasteiger partial charge on any atom is 0.253 e. The Balaban J connectivity index is 2.28. The van der Waals surface area contributed by atoms with E-state index in [0.29, 0.717) is 21.8 Å². The highest BCUT2D eigenvalue weighted by Gasteiger charge is 2.32. The van der Waals surface area contributed by atoms with Crippen molar-refractivity contribution in [2.45, 2.75) is 17.1 Å². The Bertz CT molecular complexity index is 547.